The number of hydrogen-bond donors (Lipinski definition) is 2. The minimum absolute atomic E-state index is 0.273. The summed E-state index contributed by atoms with van der Waals surface area (Å²) in [7, 11) is 0. The molecule has 0 aliphatic carbocycles. The van der Waals surface area contributed by atoms with Crippen molar-refractivity contribution in [1.82, 2.24) is 5.32 Å². The molecule has 0 aromatic carbocycles. The fraction of sp³-hybridized carbons (Fsp3) is 0.600. The van der Waals surface area contributed by atoms with Gasteiger partial charge < -0.3 is 10.4 Å². The maximum absolute atomic E-state index is 9.52. The lowest BCUT2D eigenvalue weighted by molar-refractivity contribution is 0.123. The van der Waals surface area contributed by atoms with Gasteiger partial charge in [-0.05, 0) is 18.1 Å². The van der Waals surface area contributed by atoms with Crippen LogP contribution >= 0.6 is 22.9 Å². The summed E-state index contributed by atoms with van der Waals surface area (Å²) in [6, 6.07) is 3.89. The van der Waals surface area contributed by atoms with Gasteiger partial charge in [-0.3, -0.25) is 0 Å². The Morgan fingerprint density at radius 1 is 1.50 bits per heavy atom. The number of rotatable bonds is 5. The van der Waals surface area contributed by atoms with Gasteiger partial charge in [0.2, 0.25) is 0 Å². The Morgan fingerprint density at radius 2 is 2.21 bits per heavy atom. The van der Waals surface area contributed by atoms with E-state index in [0.717, 1.165) is 10.9 Å². The molecular formula is C10H16ClNOS. The van der Waals surface area contributed by atoms with Gasteiger partial charge in [-0.25, -0.2) is 0 Å². The first-order valence-corrected chi connectivity index (χ1v) is 5.92. The highest BCUT2D eigenvalue weighted by atomic mass is 35.5. The maximum Gasteiger partial charge on any atom is 0.0931 e. The van der Waals surface area contributed by atoms with Crippen molar-refractivity contribution in [3.63, 3.8) is 0 Å². The Labute approximate surface area is 93.9 Å². The van der Waals surface area contributed by atoms with E-state index in [1.54, 1.807) is 11.3 Å². The third kappa shape index (κ3) is 3.96. The van der Waals surface area contributed by atoms with Crippen molar-refractivity contribution in [2.45, 2.75) is 26.5 Å². The molecule has 0 saturated heterocycles. The van der Waals surface area contributed by atoms with Crippen LogP contribution in [0.1, 0.15) is 18.7 Å². The van der Waals surface area contributed by atoms with Crippen LogP contribution in [0.2, 0.25) is 4.34 Å². The van der Waals surface area contributed by atoms with Crippen molar-refractivity contribution in [1.29, 1.82) is 0 Å². The quantitative estimate of drug-likeness (QED) is 0.819. The summed E-state index contributed by atoms with van der Waals surface area (Å²) in [6.07, 6.45) is -0.273. The van der Waals surface area contributed by atoms with Crippen molar-refractivity contribution in [3.8, 4) is 0 Å². The third-order valence-corrected chi connectivity index (χ3v) is 3.28. The molecule has 0 aliphatic rings. The average molecular weight is 234 g/mol. The number of hydrogen-bond acceptors (Lipinski definition) is 3. The molecule has 0 amide bonds. The van der Waals surface area contributed by atoms with Gasteiger partial charge >= 0.3 is 0 Å². The molecular weight excluding hydrogens is 218 g/mol. The number of aliphatic hydroxyl groups excluding tert-OH is 1. The van der Waals surface area contributed by atoms with Crippen LogP contribution in [0.15, 0.2) is 12.1 Å². The number of thiophene rings is 1. The number of nitrogens with one attached hydrogen (secondary N) is 1. The third-order valence-electron chi connectivity index (χ3n) is 2.05. The van der Waals surface area contributed by atoms with E-state index >= 15 is 0 Å². The van der Waals surface area contributed by atoms with Gasteiger partial charge in [-0.1, -0.05) is 25.4 Å². The molecule has 4 heteroatoms. The van der Waals surface area contributed by atoms with E-state index in [1.807, 2.05) is 26.0 Å². The van der Waals surface area contributed by atoms with Gasteiger partial charge in [0.15, 0.2) is 0 Å². The summed E-state index contributed by atoms with van der Waals surface area (Å²) in [5.41, 5.74) is 0. The Balaban J connectivity index is 2.22. The smallest absolute Gasteiger partial charge is 0.0931 e. The molecule has 0 aliphatic heterocycles. The van der Waals surface area contributed by atoms with Crippen molar-refractivity contribution < 1.29 is 5.11 Å². The second-order valence-corrected chi connectivity index (χ2v) is 5.45. The van der Waals surface area contributed by atoms with Crippen molar-refractivity contribution in [2.75, 3.05) is 6.54 Å². The zero-order chi connectivity index (χ0) is 10.6. The largest absolute Gasteiger partial charge is 0.392 e. The second kappa shape index (κ2) is 5.71. The van der Waals surface area contributed by atoms with Crippen LogP contribution in [0, 0.1) is 5.92 Å². The van der Waals surface area contributed by atoms with Gasteiger partial charge in [0.05, 0.1) is 10.4 Å². The van der Waals surface area contributed by atoms with Crippen LogP contribution in [0.4, 0.5) is 0 Å². The molecule has 1 unspecified atom stereocenters. The molecule has 1 aromatic rings. The molecule has 1 rings (SSSR count). The monoisotopic (exact) mass is 233 g/mol. The Kier molecular flexibility index (Phi) is 4.89. The summed E-state index contributed by atoms with van der Waals surface area (Å²) < 4.78 is 0.811. The topological polar surface area (TPSA) is 32.3 Å². The zero-order valence-corrected chi connectivity index (χ0v) is 10.0. The average Bonchev–Trinajstić information content (AvgIpc) is 2.51. The van der Waals surface area contributed by atoms with Gasteiger partial charge in [0.25, 0.3) is 0 Å². The lowest BCUT2D eigenvalue weighted by atomic mass is 10.1. The van der Waals surface area contributed by atoms with E-state index in [4.69, 9.17) is 11.6 Å². The standard InChI is InChI=1S/C10H16ClNOS/c1-7(2)9(13)6-12-5-8-3-4-10(11)14-8/h3-4,7,9,12-13H,5-6H2,1-2H3. The predicted molar refractivity (Wildman–Crippen MR) is 61.9 cm³/mol. The van der Waals surface area contributed by atoms with Crippen LogP contribution in [0.5, 0.6) is 0 Å². The predicted octanol–water partition coefficient (Wildman–Crippen LogP) is 2.51. The molecule has 1 atom stereocenters. The molecule has 0 fully saturated rings. The molecule has 2 nitrogen and oxygen atoms in total. The zero-order valence-electron chi connectivity index (χ0n) is 8.46. The van der Waals surface area contributed by atoms with Crippen LogP contribution in [0.3, 0.4) is 0 Å². The molecule has 0 bridgehead atoms. The first-order chi connectivity index (χ1) is 6.59. The SMILES string of the molecule is CC(C)C(O)CNCc1ccc(Cl)s1. The minimum Gasteiger partial charge on any atom is -0.392 e. The summed E-state index contributed by atoms with van der Waals surface area (Å²) in [4.78, 5) is 1.20. The molecule has 80 valence electrons. The first kappa shape index (κ1) is 12.0. The van der Waals surface area contributed by atoms with Crippen LogP contribution < -0.4 is 5.32 Å². The lowest BCUT2D eigenvalue weighted by Crippen LogP contribution is -2.29. The summed E-state index contributed by atoms with van der Waals surface area (Å²) >= 11 is 7.36. The van der Waals surface area contributed by atoms with E-state index in [0.29, 0.717) is 12.5 Å². The molecule has 0 saturated carbocycles. The minimum atomic E-state index is -0.273. The maximum atomic E-state index is 9.52. The molecule has 0 spiro atoms. The Bertz CT molecular complexity index is 275. The number of halogens is 1. The van der Waals surface area contributed by atoms with Crippen molar-refractivity contribution in [2.24, 2.45) is 5.92 Å². The molecule has 14 heavy (non-hydrogen) atoms. The highest BCUT2D eigenvalue weighted by Crippen LogP contribution is 2.20. The summed E-state index contributed by atoms with van der Waals surface area (Å²) in [5, 5.41) is 12.7. The van der Waals surface area contributed by atoms with Gasteiger partial charge in [-0.15, -0.1) is 11.3 Å². The Hall–Kier alpha value is -0.0900. The highest BCUT2D eigenvalue weighted by molar-refractivity contribution is 7.16. The van der Waals surface area contributed by atoms with E-state index in [9.17, 15) is 5.11 Å². The van der Waals surface area contributed by atoms with Crippen LogP contribution in [0.25, 0.3) is 0 Å². The molecule has 0 radical (unpaired) electrons. The summed E-state index contributed by atoms with van der Waals surface area (Å²) in [6.45, 7) is 5.43. The fourth-order valence-corrected chi connectivity index (χ4v) is 2.08. The fourth-order valence-electron chi connectivity index (χ4n) is 1.03. The first-order valence-electron chi connectivity index (χ1n) is 4.72. The van der Waals surface area contributed by atoms with Gasteiger partial charge in [0.1, 0.15) is 0 Å². The van der Waals surface area contributed by atoms with Crippen molar-refractivity contribution in [3.05, 3.63) is 21.3 Å². The lowest BCUT2D eigenvalue weighted by Gasteiger charge is -2.14. The van der Waals surface area contributed by atoms with E-state index in [1.165, 1.54) is 4.88 Å². The van der Waals surface area contributed by atoms with E-state index in [-0.39, 0.29) is 6.10 Å². The normalized spacial score (nSPS) is 13.5. The Morgan fingerprint density at radius 3 is 2.71 bits per heavy atom. The second-order valence-electron chi connectivity index (χ2n) is 3.65. The van der Waals surface area contributed by atoms with Crippen LogP contribution in [-0.4, -0.2) is 17.8 Å². The van der Waals surface area contributed by atoms with E-state index in [2.05, 4.69) is 5.32 Å². The van der Waals surface area contributed by atoms with Crippen LogP contribution in [-0.2, 0) is 6.54 Å². The number of aliphatic hydroxyl groups is 1. The van der Waals surface area contributed by atoms with Crippen molar-refractivity contribution >= 4 is 22.9 Å². The molecule has 1 aromatic heterocycles. The van der Waals surface area contributed by atoms with Gasteiger partial charge in [-0.2, -0.15) is 0 Å². The van der Waals surface area contributed by atoms with Gasteiger partial charge in [0, 0.05) is 18.0 Å². The highest BCUT2D eigenvalue weighted by Gasteiger charge is 2.08. The van der Waals surface area contributed by atoms with E-state index < -0.39 is 0 Å². The summed E-state index contributed by atoms with van der Waals surface area (Å²) in [5.74, 6) is 0.300. The molecule has 2 N–H and O–H groups in total. The molecule has 1 heterocycles.